The van der Waals surface area contributed by atoms with Crippen LogP contribution < -0.4 is 0 Å². The van der Waals surface area contributed by atoms with E-state index in [1.54, 1.807) is 5.01 Å². The van der Waals surface area contributed by atoms with E-state index in [2.05, 4.69) is 10.1 Å². The van der Waals surface area contributed by atoms with Crippen LogP contribution in [-0.2, 0) is 4.84 Å². The molecule has 1 rings (SSSR count). The molecule has 5 heteroatoms. The Balaban J connectivity index is 2.34. The van der Waals surface area contributed by atoms with Gasteiger partial charge in [-0.2, -0.15) is 5.01 Å². The van der Waals surface area contributed by atoms with Gasteiger partial charge in [-0.1, -0.05) is 0 Å². The van der Waals surface area contributed by atoms with Crippen molar-refractivity contribution in [3.63, 3.8) is 0 Å². The molecule has 0 saturated carbocycles. The van der Waals surface area contributed by atoms with Crippen molar-refractivity contribution in [2.24, 2.45) is 5.22 Å². The molecule has 1 saturated heterocycles. The molecule has 0 N–H and O–H groups in total. The smallest absolute Gasteiger partial charge is 0.130 e. The Hall–Kier alpha value is -1.00. The van der Waals surface area contributed by atoms with Crippen molar-refractivity contribution in [3.05, 3.63) is 5.21 Å². The van der Waals surface area contributed by atoms with E-state index in [4.69, 9.17) is 0 Å². The van der Waals surface area contributed by atoms with Crippen LogP contribution in [0.1, 0.15) is 12.8 Å². The van der Waals surface area contributed by atoms with Crippen molar-refractivity contribution in [2.75, 3.05) is 20.2 Å². The largest absolute Gasteiger partial charge is 0.461 e. The zero-order valence-electron chi connectivity index (χ0n) is 5.99. The summed E-state index contributed by atoms with van der Waals surface area (Å²) in [4.78, 5) is 4.28. The summed E-state index contributed by atoms with van der Waals surface area (Å²) in [7, 11) is 1.30. The fraction of sp³-hybridized carbons (Fsp3) is 1.00. The maximum atomic E-state index is 10.5. The fourth-order valence-corrected chi connectivity index (χ4v) is 0.930. The molecule has 0 aromatic heterocycles. The van der Waals surface area contributed by atoms with Crippen molar-refractivity contribution in [1.29, 1.82) is 0 Å². The molecule has 1 aliphatic rings. The first-order chi connectivity index (χ1) is 4.83. The zero-order chi connectivity index (χ0) is 7.40. The van der Waals surface area contributed by atoms with E-state index in [0.717, 1.165) is 25.9 Å². The minimum atomic E-state index is 0.228. The van der Waals surface area contributed by atoms with Gasteiger partial charge in [0.25, 0.3) is 0 Å². The topological polar surface area (TPSA) is 50.9 Å². The molecule has 0 bridgehead atoms. The van der Waals surface area contributed by atoms with E-state index in [1.165, 1.54) is 7.11 Å². The van der Waals surface area contributed by atoms with Crippen LogP contribution in [0.4, 0.5) is 0 Å². The van der Waals surface area contributed by atoms with Gasteiger partial charge < -0.3 is 10.0 Å². The zero-order valence-corrected chi connectivity index (χ0v) is 5.99. The third-order valence-electron chi connectivity index (χ3n) is 1.44. The molecular formula is C5H11N3O2. The maximum Gasteiger partial charge on any atom is 0.130 e. The molecule has 58 valence electrons. The van der Waals surface area contributed by atoms with Gasteiger partial charge in [0, 0.05) is 7.11 Å². The Labute approximate surface area is 59.4 Å². The van der Waals surface area contributed by atoms with Crippen LogP contribution in [0.2, 0.25) is 0 Å². The van der Waals surface area contributed by atoms with Crippen molar-refractivity contribution in [1.82, 2.24) is 5.01 Å². The molecule has 0 atom stereocenters. The quantitative estimate of drug-likeness (QED) is 0.420. The summed E-state index contributed by atoms with van der Waals surface area (Å²) in [5, 5.41) is 16.0. The lowest BCUT2D eigenvalue weighted by Gasteiger charge is -2.03. The van der Waals surface area contributed by atoms with Gasteiger partial charge in [0.15, 0.2) is 0 Å². The van der Waals surface area contributed by atoms with Crippen LogP contribution in [0.3, 0.4) is 0 Å². The molecule has 1 fully saturated rings. The molecule has 0 aromatic rings. The monoisotopic (exact) mass is 145 g/mol. The molecule has 0 amide bonds. The lowest BCUT2D eigenvalue weighted by molar-refractivity contribution is -0.790. The second-order valence-electron chi connectivity index (χ2n) is 2.17. The summed E-state index contributed by atoms with van der Waals surface area (Å²) in [5.41, 5.74) is 0. The van der Waals surface area contributed by atoms with Crippen LogP contribution >= 0.6 is 0 Å². The summed E-state index contributed by atoms with van der Waals surface area (Å²) in [5.74, 6) is 0. The van der Waals surface area contributed by atoms with Gasteiger partial charge in [-0.05, 0) is 12.8 Å². The molecule has 1 heterocycles. The van der Waals surface area contributed by atoms with Gasteiger partial charge in [-0.15, -0.1) is 0 Å². The number of hydrogen-bond acceptors (Lipinski definition) is 3. The average molecular weight is 145 g/mol. The van der Waals surface area contributed by atoms with E-state index in [1.807, 2.05) is 0 Å². The standard InChI is InChI=1S/C5H11N3O2/c1-10-8(9)6-7-4-2-3-5-7/h2-5H2,1H3/b8-6+. The van der Waals surface area contributed by atoms with Gasteiger partial charge in [-0.25, -0.2) is 0 Å². The van der Waals surface area contributed by atoms with Gasteiger partial charge >= 0.3 is 0 Å². The third-order valence-corrected chi connectivity index (χ3v) is 1.44. The second-order valence-corrected chi connectivity index (χ2v) is 2.17. The number of nitrogens with zero attached hydrogens (tertiary/aromatic N) is 3. The summed E-state index contributed by atoms with van der Waals surface area (Å²) in [6.45, 7) is 1.73. The summed E-state index contributed by atoms with van der Waals surface area (Å²) in [6.07, 6.45) is 2.22. The van der Waals surface area contributed by atoms with Crippen LogP contribution in [0.25, 0.3) is 0 Å². The molecule has 1 aliphatic heterocycles. The van der Waals surface area contributed by atoms with Crippen molar-refractivity contribution < 1.29 is 9.86 Å². The molecule has 0 spiro atoms. The Bertz CT molecular complexity index is 131. The highest BCUT2D eigenvalue weighted by atomic mass is 16.9. The van der Waals surface area contributed by atoms with Crippen molar-refractivity contribution >= 4 is 0 Å². The van der Waals surface area contributed by atoms with Gasteiger partial charge in [-0.3, -0.25) is 0 Å². The molecule has 10 heavy (non-hydrogen) atoms. The van der Waals surface area contributed by atoms with E-state index in [0.29, 0.717) is 0 Å². The van der Waals surface area contributed by atoms with Crippen LogP contribution in [0, 0.1) is 5.21 Å². The SMILES string of the molecule is CO/[N+]([O-])=N/N1CCCC1. The minimum Gasteiger partial charge on any atom is -0.461 e. The van der Waals surface area contributed by atoms with E-state index >= 15 is 0 Å². The molecule has 0 unspecified atom stereocenters. The first kappa shape index (κ1) is 7.11. The van der Waals surface area contributed by atoms with Gasteiger partial charge in [0.1, 0.15) is 18.3 Å². The maximum absolute atomic E-state index is 10.5. The predicted octanol–water partition coefficient (Wildman–Crippen LogP) is 0.521. The van der Waals surface area contributed by atoms with Crippen molar-refractivity contribution in [2.45, 2.75) is 12.8 Å². The lowest BCUT2D eigenvalue weighted by Crippen LogP contribution is -2.15. The van der Waals surface area contributed by atoms with E-state index < -0.39 is 0 Å². The predicted molar refractivity (Wildman–Crippen MR) is 33.9 cm³/mol. The Morgan fingerprint density at radius 3 is 2.60 bits per heavy atom. The first-order valence-electron chi connectivity index (χ1n) is 3.31. The van der Waals surface area contributed by atoms with E-state index in [9.17, 15) is 5.21 Å². The van der Waals surface area contributed by atoms with Crippen LogP contribution in [0.5, 0.6) is 0 Å². The van der Waals surface area contributed by atoms with Gasteiger partial charge in [0.05, 0.1) is 5.02 Å². The Morgan fingerprint density at radius 2 is 2.10 bits per heavy atom. The summed E-state index contributed by atoms with van der Waals surface area (Å²) < 4.78 is 0. The highest BCUT2D eigenvalue weighted by Gasteiger charge is 2.15. The third kappa shape index (κ3) is 1.75. The molecular weight excluding hydrogens is 134 g/mol. The Morgan fingerprint density at radius 1 is 1.50 bits per heavy atom. The van der Waals surface area contributed by atoms with E-state index in [-0.39, 0.29) is 5.02 Å². The fourth-order valence-electron chi connectivity index (χ4n) is 0.930. The number of hydrogen-bond donors (Lipinski definition) is 0. The second kappa shape index (κ2) is 3.24. The minimum absolute atomic E-state index is 0.228. The average Bonchev–Trinajstić information content (AvgIpc) is 2.40. The Kier molecular flexibility index (Phi) is 2.30. The van der Waals surface area contributed by atoms with Gasteiger partial charge in [0.2, 0.25) is 0 Å². The lowest BCUT2D eigenvalue weighted by atomic mass is 10.4. The molecule has 0 radical (unpaired) electrons. The summed E-state index contributed by atoms with van der Waals surface area (Å²) in [6, 6.07) is 0. The normalized spacial score (nSPS) is 19.7. The first-order valence-corrected chi connectivity index (χ1v) is 3.31. The van der Waals surface area contributed by atoms with Crippen molar-refractivity contribution in [3.8, 4) is 0 Å². The number of rotatable bonds is 2. The summed E-state index contributed by atoms with van der Waals surface area (Å²) >= 11 is 0. The highest BCUT2D eigenvalue weighted by Crippen LogP contribution is 2.06. The molecule has 0 aromatic carbocycles. The van der Waals surface area contributed by atoms with Crippen LogP contribution in [0.15, 0.2) is 5.22 Å². The highest BCUT2D eigenvalue weighted by molar-refractivity contribution is 4.58. The molecule has 0 aliphatic carbocycles. The van der Waals surface area contributed by atoms with Crippen LogP contribution in [-0.4, -0.2) is 30.2 Å². The molecule has 5 nitrogen and oxygen atoms in total.